The number of primary amides is 1. The van der Waals surface area contributed by atoms with Crippen LogP contribution in [0.1, 0.15) is 69.7 Å². The Balaban J connectivity index is 1.89. The van der Waals surface area contributed by atoms with E-state index in [0.717, 1.165) is 25.2 Å². The molecule has 0 fully saturated rings. The summed E-state index contributed by atoms with van der Waals surface area (Å²) in [5.41, 5.74) is 9.54. The van der Waals surface area contributed by atoms with Gasteiger partial charge >= 0.3 is 0 Å². The Kier molecular flexibility index (Phi) is 31.0. The van der Waals surface area contributed by atoms with E-state index in [1.54, 1.807) is 12.1 Å². The number of amides is 3. The maximum atomic E-state index is 12.3. The van der Waals surface area contributed by atoms with Crippen LogP contribution in [0.4, 0.5) is 5.82 Å². The van der Waals surface area contributed by atoms with Gasteiger partial charge in [-0.15, -0.1) is 0 Å². The Morgan fingerprint density at radius 1 is 0.698 bits per heavy atom. The van der Waals surface area contributed by atoms with Crippen LogP contribution in [-0.2, 0) is 47.5 Å². The van der Waals surface area contributed by atoms with Crippen LogP contribution < -0.4 is 21.8 Å². The van der Waals surface area contributed by atoms with Gasteiger partial charge in [0.25, 0.3) is 5.91 Å². The summed E-state index contributed by atoms with van der Waals surface area (Å²) in [6.45, 7) is 13.9. The molecule has 1 heterocycles. The van der Waals surface area contributed by atoms with Gasteiger partial charge < -0.3 is 54.3 Å². The van der Waals surface area contributed by atoms with Gasteiger partial charge in [0.05, 0.1) is 105 Å². The van der Waals surface area contributed by atoms with Gasteiger partial charge in [-0.1, -0.05) is 13.3 Å². The molecule has 1 aromatic rings. The highest BCUT2D eigenvalue weighted by atomic mass is 16.6. The van der Waals surface area contributed by atoms with Crippen molar-refractivity contribution in [3.05, 3.63) is 23.9 Å². The molecule has 1 atom stereocenters. The Hall–Kier alpha value is -3.29. The third-order valence-corrected chi connectivity index (χ3v) is 7.02. The number of aromatic nitrogens is 1. The molecule has 1 rings (SSSR count). The number of carbonyl (C=O) groups is 3. The normalized spacial score (nSPS) is 11.6. The van der Waals surface area contributed by atoms with Crippen LogP contribution >= 0.6 is 0 Å². The van der Waals surface area contributed by atoms with E-state index in [-0.39, 0.29) is 24.8 Å². The van der Waals surface area contributed by atoms with E-state index in [2.05, 4.69) is 33.1 Å². The van der Waals surface area contributed by atoms with E-state index in [0.29, 0.717) is 130 Å². The van der Waals surface area contributed by atoms with E-state index in [4.69, 9.17) is 43.6 Å². The molecule has 1 aromatic heterocycles. The molecule has 5 N–H and O–H groups in total. The van der Waals surface area contributed by atoms with Crippen molar-refractivity contribution in [1.82, 2.24) is 15.6 Å². The van der Waals surface area contributed by atoms with Crippen molar-refractivity contribution in [2.45, 2.75) is 65.3 Å². The number of unbranched alkanes of at least 4 members (excludes halogenated alkanes) is 2. The third-order valence-electron chi connectivity index (χ3n) is 7.02. The maximum Gasteiger partial charge on any atom is 0.252 e. The van der Waals surface area contributed by atoms with Crippen molar-refractivity contribution < 1.29 is 52.3 Å². The number of pyridine rings is 1. The second-order valence-electron chi connectivity index (χ2n) is 11.9. The monoisotopic (exact) mass is 756 g/mol. The van der Waals surface area contributed by atoms with Gasteiger partial charge in [-0.25, -0.2) is 4.98 Å². The number of hydrogen-bond donors (Lipinski definition) is 4. The summed E-state index contributed by atoms with van der Waals surface area (Å²) in [5.74, 6) is -0.669. The molecule has 3 amide bonds. The lowest BCUT2D eigenvalue weighted by atomic mass is 10.1. The highest BCUT2D eigenvalue weighted by Gasteiger charge is 2.17. The zero-order valence-electron chi connectivity index (χ0n) is 32.0. The minimum atomic E-state index is -0.800. The minimum Gasteiger partial charge on any atom is -0.379 e. The number of nitrogens with two attached hydrogens (primary N) is 1. The third kappa shape index (κ3) is 29.8. The molecule has 17 nitrogen and oxygen atoms in total. The van der Waals surface area contributed by atoms with Crippen LogP contribution in [0.2, 0.25) is 0 Å². The predicted octanol–water partition coefficient (Wildman–Crippen LogP) is 2.08. The van der Waals surface area contributed by atoms with Crippen molar-refractivity contribution in [2.75, 3.05) is 118 Å². The van der Waals surface area contributed by atoms with E-state index in [9.17, 15) is 14.4 Å². The molecule has 0 saturated carbocycles. The van der Waals surface area contributed by atoms with Crippen LogP contribution in [0, 0.1) is 0 Å². The van der Waals surface area contributed by atoms with Crippen molar-refractivity contribution in [3.8, 4) is 0 Å². The number of rotatable bonds is 37. The smallest absolute Gasteiger partial charge is 0.252 e. The molecule has 0 saturated heterocycles. The first-order valence-corrected chi connectivity index (χ1v) is 18.5. The Morgan fingerprint density at radius 3 is 1.62 bits per heavy atom. The number of hydrazone groups is 1. The summed E-state index contributed by atoms with van der Waals surface area (Å²) < 4.78 is 43.6. The quantitative estimate of drug-likeness (QED) is 0.0436. The fourth-order valence-corrected chi connectivity index (χ4v) is 4.15. The second-order valence-corrected chi connectivity index (χ2v) is 11.9. The summed E-state index contributed by atoms with van der Waals surface area (Å²) in [6, 6.07) is 2.52. The summed E-state index contributed by atoms with van der Waals surface area (Å²) in [4.78, 5) is 40.6. The van der Waals surface area contributed by atoms with E-state index >= 15 is 0 Å². The molecule has 0 spiro atoms. The SMILES string of the molecule is CCCCOCCOCCOCCOCCOCCOCCOCCOCCC(=O)N[C@@H](CCCCNC(=O)c1ccc(NN=C(C)C)nc1)C(N)=O. The average molecular weight is 757 g/mol. The van der Waals surface area contributed by atoms with Gasteiger partial charge in [-0.2, -0.15) is 5.10 Å². The molecule has 0 aliphatic rings. The van der Waals surface area contributed by atoms with Gasteiger partial charge in [0.1, 0.15) is 11.9 Å². The summed E-state index contributed by atoms with van der Waals surface area (Å²) >= 11 is 0. The molecule has 0 unspecified atom stereocenters. The molecule has 0 bridgehead atoms. The zero-order chi connectivity index (χ0) is 38.6. The van der Waals surface area contributed by atoms with Crippen molar-refractivity contribution in [2.24, 2.45) is 10.8 Å². The molecule has 0 aliphatic heterocycles. The minimum absolute atomic E-state index is 0.0831. The van der Waals surface area contributed by atoms with Crippen LogP contribution in [0.25, 0.3) is 0 Å². The lowest BCUT2D eigenvalue weighted by Gasteiger charge is -2.15. The molecular formula is C36H64N6O11. The lowest BCUT2D eigenvalue weighted by molar-refractivity contribution is -0.128. The topological polar surface area (TPSA) is 212 Å². The fraction of sp³-hybridized carbons (Fsp3) is 0.750. The Labute approximate surface area is 314 Å². The largest absolute Gasteiger partial charge is 0.379 e. The number of nitrogens with one attached hydrogen (secondary N) is 3. The van der Waals surface area contributed by atoms with Crippen molar-refractivity contribution >= 4 is 29.3 Å². The van der Waals surface area contributed by atoms with E-state index in [1.165, 1.54) is 6.20 Å². The molecule has 17 heteroatoms. The van der Waals surface area contributed by atoms with Crippen molar-refractivity contribution in [3.63, 3.8) is 0 Å². The van der Waals surface area contributed by atoms with Gasteiger partial charge in [-0.05, 0) is 51.7 Å². The number of anilines is 1. The highest BCUT2D eigenvalue weighted by Crippen LogP contribution is 2.06. The fourth-order valence-electron chi connectivity index (χ4n) is 4.15. The first-order valence-electron chi connectivity index (χ1n) is 18.5. The van der Waals surface area contributed by atoms with Crippen LogP contribution in [0.3, 0.4) is 0 Å². The first kappa shape index (κ1) is 47.7. The number of hydrogen-bond acceptors (Lipinski definition) is 14. The molecular weight excluding hydrogens is 692 g/mol. The highest BCUT2D eigenvalue weighted by molar-refractivity contribution is 5.94. The molecule has 0 aliphatic carbocycles. The van der Waals surface area contributed by atoms with E-state index < -0.39 is 11.9 Å². The van der Waals surface area contributed by atoms with Gasteiger partial charge in [-0.3, -0.25) is 19.8 Å². The number of ether oxygens (including phenoxy) is 8. The molecule has 53 heavy (non-hydrogen) atoms. The van der Waals surface area contributed by atoms with E-state index in [1.807, 2.05) is 13.8 Å². The summed E-state index contributed by atoms with van der Waals surface area (Å²) in [5, 5.41) is 9.53. The van der Waals surface area contributed by atoms with Gasteiger partial charge in [0.2, 0.25) is 11.8 Å². The summed E-state index contributed by atoms with van der Waals surface area (Å²) in [6.07, 6.45) is 5.30. The lowest BCUT2D eigenvalue weighted by Crippen LogP contribution is -2.44. The Bertz CT molecular complexity index is 1090. The second kappa shape index (κ2) is 34.5. The van der Waals surface area contributed by atoms with Crippen LogP contribution in [-0.4, -0.2) is 147 Å². The number of carbonyl (C=O) groups excluding carboxylic acids is 3. The summed E-state index contributed by atoms with van der Waals surface area (Å²) in [7, 11) is 0. The zero-order valence-corrected chi connectivity index (χ0v) is 32.0. The first-order chi connectivity index (χ1) is 25.8. The van der Waals surface area contributed by atoms with Gasteiger partial charge in [0.15, 0.2) is 0 Å². The van der Waals surface area contributed by atoms with Gasteiger partial charge in [0, 0.05) is 31.5 Å². The average Bonchev–Trinajstić information content (AvgIpc) is 3.14. The molecule has 0 aromatic carbocycles. The van der Waals surface area contributed by atoms with Crippen molar-refractivity contribution in [1.29, 1.82) is 0 Å². The molecule has 304 valence electrons. The standard InChI is InChI=1S/C36H64N6O11/c1-4-5-13-46-15-17-48-19-21-50-23-25-52-27-28-53-26-24-51-22-20-49-18-16-47-14-11-34(43)40-32(35(37)44)8-6-7-12-38-36(45)31-9-10-33(39-29-31)42-41-30(2)3/h9-10,29,32H,4-8,11-28H2,1-3H3,(H2,37,44)(H,38,45)(H,39,42)(H,40,43)/t32-/m0/s1. The van der Waals surface area contributed by atoms with Crippen LogP contribution in [0.5, 0.6) is 0 Å². The number of nitrogens with zero attached hydrogens (tertiary/aromatic N) is 2. The maximum absolute atomic E-state index is 12.3. The molecule has 0 radical (unpaired) electrons. The Morgan fingerprint density at radius 2 is 1.19 bits per heavy atom. The predicted molar refractivity (Wildman–Crippen MR) is 200 cm³/mol. The van der Waals surface area contributed by atoms with Crippen LogP contribution in [0.15, 0.2) is 23.4 Å².